The second-order valence-corrected chi connectivity index (χ2v) is 5.90. The minimum Gasteiger partial charge on any atom is -0.392 e. The molecule has 0 fully saturated rings. The molecule has 1 aromatic rings. The monoisotopic (exact) mass is 278 g/mol. The Bertz CT molecular complexity index is 458. The van der Waals surface area contributed by atoms with E-state index in [9.17, 15) is 4.21 Å². The minimum absolute atomic E-state index is 0.0922. The molecular weight excluding hydrogens is 256 g/mol. The van der Waals surface area contributed by atoms with E-state index in [2.05, 4.69) is 6.92 Å². The Hall–Kier alpha value is -1.19. The largest absolute Gasteiger partial charge is 0.392 e. The van der Waals surface area contributed by atoms with Crippen LogP contribution in [0.25, 0.3) is 0 Å². The lowest BCUT2D eigenvalue weighted by Crippen LogP contribution is -1.95. The molecule has 1 N–H and O–H groups in total. The lowest BCUT2D eigenvalue weighted by atomic mass is 10.2. The molecule has 0 amide bonds. The number of benzene rings is 1. The van der Waals surface area contributed by atoms with E-state index in [1.54, 1.807) is 6.08 Å². The predicted octanol–water partition coefficient (Wildman–Crippen LogP) is 3.73. The van der Waals surface area contributed by atoms with E-state index in [1.807, 2.05) is 43.3 Å². The van der Waals surface area contributed by atoms with Crippen LogP contribution in [0.15, 0.2) is 52.3 Å². The molecule has 1 aromatic carbocycles. The SMILES string of the molecule is CCCC/C=C/C(=C/CO)S(=O)c1ccc(C)cc1. The van der Waals surface area contributed by atoms with Gasteiger partial charge in [-0.1, -0.05) is 43.5 Å². The summed E-state index contributed by atoms with van der Waals surface area (Å²) in [7, 11) is -1.22. The zero-order chi connectivity index (χ0) is 14.1. The lowest BCUT2D eigenvalue weighted by molar-refractivity contribution is 0.342. The van der Waals surface area contributed by atoms with E-state index in [4.69, 9.17) is 5.11 Å². The van der Waals surface area contributed by atoms with Gasteiger partial charge in [0.05, 0.1) is 17.4 Å². The smallest absolute Gasteiger partial charge is 0.0847 e. The van der Waals surface area contributed by atoms with Gasteiger partial charge in [-0.3, -0.25) is 0 Å². The number of rotatable bonds is 7. The van der Waals surface area contributed by atoms with E-state index < -0.39 is 10.8 Å². The average molecular weight is 278 g/mol. The highest BCUT2D eigenvalue weighted by atomic mass is 32.2. The minimum atomic E-state index is -1.22. The van der Waals surface area contributed by atoms with E-state index >= 15 is 0 Å². The number of aliphatic hydroxyl groups excluding tert-OH is 1. The maximum Gasteiger partial charge on any atom is 0.0847 e. The molecular formula is C16H22O2S. The maximum atomic E-state index is 12.4. The molecule has 104 valence electrons. The molecule has 0 aliphatic rings. The van der Waals surface area contributed by atoms with Gasteiger partial charge in [0, 0.05) is 9.80 Å². The van der Waals surface area contributed by atoms with Crippen molar-refractivity contribution in [1.29, 1.82) is 0 Å². The van der Waals surface area contributed by atoms with Gasteiger partial charge in [-0.2, -0.15) is 0 Å². The molecule has 0 saturated carbocycles. The molecule has 2 nitrogen and oxygen atoms in total. The van der Waals surface area contributed by atoms with Crippen molar-refractivity contribution in [2.45, 2.75) is 38.0 Å². The number of hydrogen-bond donors (Lipinski definition) is 1. The number of aliphatic hydroxyl groups is 1. The Kier molecular flexibility index (Phi) is 7.38. The van der Waals surface area contributed by atoms with Crippen molar-refractivity contribution in [3.05, 3.63) is 53.0 Å². The first-order valence-corrected chi connectivity index (χ1v) is 7.80. The zero-order valence-corrected chi connectivity index (χ0v) is 12.5. The molecule has 1 rings (SSSR count). The molecule has 3 heteroatoms. The fourth-order valence-corrected chi connectivity index (χ4v) is 2.72. The summed E-state index contributed by atoms with van der Waals surface area (Å²) in [6.45, 7) is 4.05. The quantitative estimate of drug-likeness (QED) is 0.609. The van der Waals surface area contributed by atoms with Crippen LogP contribution in [-0.2, 0) is 10.8 Å². The van der Waals surface area contributed by atoms with Crippen LogP contribution in [0.2, 0.25) is 0 Å². The molecule has 0 heterocycles. The summed E-state index contributed by atoms with van der Waals surface area (Å²) in [6, 6.07) is 7.64. The van der Waals surface area contributed by atoms with Gasteiger partial charge >= 0.3 is 0 Å². The van der Waals surface area contributed by atoms with E-state index in [1.165, 1.54) is 0 Å². The highest BCUT2D eigenvalue weighted by Crippen LogP contribution is 2.16. The van der Waals surface area contributed by atoms with Gasteiger partial charge in [0.2, 0.25) is 0 Å². The molecule has 0 spiro atoms. The van der Waals surface area contributed by atoms with Crippen LogP contribution >= 0.6 is 0 Å². The summed E-state index contributed by atoms with van der Waals surface area (Å²) in [4.78, 5) is 1.44. The average Bonchev–Trinajstić information content (AvgIpc) is 2.42. The normalized spacial score (nSPS) is 13.9. The van der Waals surface area contributed by atoms with Crippen LogP contribution in [0.4, 0.5) is 0 Å². The van der Waals surface area contributed by atoms with Crippen molar-refractivity contribution in [3.8, 4) is 0 Å². The number of hydrogen-bond acceptors (Lipinski definition) is 2. The third kappa shape index (κ3) is 5.53. The molecule has 0 bridgehead atoms. The van der Waals surface area contributed by atoms with E-state index in [-0.39, 0.29) is 6.61 Å². The first kappa shape index (κ1) is 15.9. The van der Waals surface area contributed by atoms with Crippen LogP contribution in [0.3, 0.4) is 0 Å². The summed E-state index contributed by atoms with van der Waals surface area (Å²) >= 11 is 0. The Morgan fingerprint density at radius 2 is 2.00 bits per heavy atom. The van der Waals surface area contributed by atoms with Gasteiger partial charge in [0.25, 0.3) is 0 Å². The standard InChI is InChI=1S/C16H22O2S/c1-3-4-5-6-7-15(12-13-17)19(18)16-10-8-14(2)9-11-16/h6-12,17H,3-5,13H2,1-2H3/b7-6+,15-12-. The molecule has 0 aliphatic heterocycles. The topological polar surface area (TPSA) is 37.3 Å². The van der Waals surface area contributed by atoms with Gasteiger partial charge in [-0.15, -0.1) is 0 Å². The third-order valence-electron chi connectivity index (χ3n) is 2.75. The molecule has 0 saturated heterocycles. The first-order valence-electron chi connectivity index (χ1n) is 6.65. The maximum absolute atomic E-state index is 12.4. The second-order valence-electron chi connectivity index (χ2n) is 4.42. The molecule has 19 heavy (non-hydrogen) atoms. The van der Waals surface area contributed by atoms with Crippen LogP contribution in [0.1, 0.15) is 31.7 Å². The van der Waals surface area contributed by atoms with Crippen LogP contribution in [-0.4, -0.2) is 15.9 Å². The van der Waals surface area contributed by atoms with Crippen molar-refractivity contribution in [2.75, 3.05) is 6.61 Å². The van der Waals surface area contributed by atoms with Crippen LogP contribution < -0.4 is 0 Å². The predicted molar refractivity (Wildman–Crippen MR) is 81.4 cm³/mol. The number of allylic oxidation sites excluding steroid dienone is 2. The first-order chi connectivity index (χ1) is 9.19. The van der Waals surface area contributed by atoms with Gasteiger partial charge in [0.15, 0.2) is 0 Å². The van der Waals surface area contributed by atoms with Crippen molar-refractivity contribution in [2.24, 2.45) is 0 Å². The summed E-state index contributed by atoms with van der Waals surface area (Å²) in [5.74, 6) is 0. The van der Waals surface area contributed by atoms with Crippen molar-refractivity contribution >= 4 is 10.8 Å². The molecule has 0 aliphatic carbocycles. The lowest BCUT2D eigenvalue weighted by Gasteiger charge is -2.04. The number of unbranched alkanes of at least 4 members (excludes halogenated alkanes) is 2. The molecule has 1 unspecified atom stereocenters. The summed E-state index contributed by atoms with van der Waals surface area (Å²) in [6.07, 6.45) is 8.74. The highest BCUT2D eigenvalue weighted by molar-refractivity contribution is 7.89. The van der Waals surface area contributed by atoms with Gasteiger partial charge in [0.1, 0.15) is 0 Å². The molecule has 0 radical (unpaired) electrons. The summed E-state index contributed by atoms with van der Waals surface area (Å²) in [5, 5.41) is 9.03. The third-order valence-corrected chi connectivity index (χ3v) is 4.18. The van der Waals surface area contributed by atoms with Crippen molar-refractivity contribution in [3.63, 3.8) is 0 Å². The summed E-state index contributed by atoms with van der Waals surface area (Å²) < 4.78 is 12.4. The van der Waals surface area contributed by atoms with Gasteiger partial charge in [-0.25, -0.2) is 4.21 Å². The van der Waals surface area contributed by atoms with Crippen LogP contribution in [0, 0.1) is 6.92 Å². The number of aryl methyl sites for hydroxylation is 1. The summed E-state index contributed by atoms with van der Waals surface area (Å²) in [5.41, 5.74) is 1.15. The fraction of sp³-hybridized carbons (Fsp3) is 0.375. The molecule has 0 aromatic heterocycles. The Labute approximate surface area is 118 Å². The van der Waals surface area contributed by atoms with Gasteiger partial charge < -0.3 is 5.11 Å². The second kappa shape index (κ2) is 8.83. The van der Waals surface area contributed by atoms with Crippen molar-refractivity contribution < 1.29 is 9.32 Å². The Balaban J connectivity index is 2.81. The Morgan fingerprint density at radius 1 is 1.32 bits per heavy atom. The Morgan fingerprint density at radius 3 is 2.58 bits per heavy atom. The van der Waals surface area contributed by atoms with E-state index in [0.29, 0.717) is 4.91 Å². The highest BCUT2D eigenvalue weighted by Gasteiger charge is 2.07. The van der Waals surface area contributed by atoms with E-state index in [0.717, 1.165) is 29.7 Å². The van der Waals surface area contributed by atoms with Crippen molar-refractivity contribution in [1.82, 2.24) is 0 Å². The van der Waals surface area contributed by atoms with Crippen LogP contribution in [0.5, 0.6) is 0 Å². The fourth-order valence-electron chi connectivity index (χ4n) is 1.61. The molecule has 1 atom stereocenters. The zero-order valence-electron chi connectivity index (χ0n) is 11.6. The van der Waals surface area contributed by atoms with Gasteiger partial charge in [-0.05, 0) is 37.6 Å².